The smallest absolute Gasteiger partial charge is 0.269 e. The van der Waals surface area contributed by atoms with Crippen LogP contribution in [0.4, 0.5) is 0 Å². The van der Waals surface area contributed by atoms with Crippen molar-refractivity contribution in [1.29, 1.82) is 0 Å². The van der Waals surface area contributed by atoms with E-state index in [1.165, 1.54) is 0 Å². The molecule has 1 saturated heterocycles. The minimum absolute atomic E-state index is 0.0479. The van der Waals surface area contributed by atoms with Crippen LogP contribution < -0.4 is 10.9 Å². The van der Waals surface area contributed by atoms with Gasteiger partial charge in [-0.05, 0) is 31.4 Å². The lowest BCUT2D eigenvalue weighted by Crippen LogP contribution is -2.42. The summed E-state index contributed by atoms with van der Waals surface area (Å²) in [7, 11) is -2.99. The molecule has 2 amide bonds. The molecular formula is C14H18N2O4S. The molecule has 0 bridgehead atoms. The molecule has 1 aromatic rings. The molecule has 0 saturated carbocycles. The number of amides is 2. The lowest BCUT2D eigenvalue weighted by Gasteiger charge is -2.10. The predicted octanol–water partition coefficient (Wildman–Crippen LogP) is 0.581. The highest BCUT2D eigenvalue weighted by Crippen LogP contribution is 2.21. The molecule has 0 radical (unpaired) electrons. The van der Waals surface area contributed by atoms with Crippen LogP contribution in [-0.4, -0.2) is 31.7 Å². The zero-order valence-corrected chi connectivity index (χ0v) is 12.6. The molecule has 1 atom stereocenters. The average molecular weight is 310 g/mol. The Morgan fingerprint density at radius 1 is 1.19 bits per heavy atom. The molecule has 1 heterocycles. The van der Waals surface area contributed by atoms with Crippen molar-refractivity contribution in [2.75, 3.05) is 11.5 Å². The molecule has 0 aromatic heterocycles. The van der Waals surface area contributed by atoms with Crippen LogP contribution in [0.5, 0.6) is 0 Å². The van der Waals surface area contributed by atoms with E-state index >= 15 is 0 Å². The van der Waals surface area contributed by atoms with Crippen molar-refractivity contribution in [2.24, 2.45) is 5.92 Å². The van der Waals surface area contributed by atoms with Gasteiger partial charge in [-0.1, -0.05) is 17.7 Å². The van der Waals surface area contributed by atoms with Gasteiger partial charge in [-0.2, -0.15) is 0 Å². The fourth-order valence-corrected chi connectivity index (χ4v) is 4.11. The molecular weight excluding hydrogens is 292 g/mol. The third-order valence-corrected chi connectivity index (χ3v) is 5.27. The third kappa shape index (κ3) is 4.56. The lowest BCUT2D eigenvalue weighted by atomic mass is 10.1. The minimum Gasteiger partial charge on any atom is -0.273 e. The first-order valence-corrected chi connectivity index (χ1v) is 8.54. The van der Waals surface area contributed by atoms with Crippen LogP contribution in [0.15, 0.2) is 24.3 Å². The largest absolute Gasteiger partial charge is 0.273 e. The fourth-order valence-electron chi connectivity index (χ4n) is 2.25. The van der Waals surface area contributed by atoms with Crippen LogP contribution in [0.2, 0.25) is 0 Å². The van der Waals surface area contributed by atoms with Gasteiger partial charge in [-0.15, -0.1) is 0 Å². The summed E-state index contributed by atoms with van der Waals surface area (Å²) in [5, 5.41) is 0. The van der Waals surface area contributed by atoms with E-state index in [1.807, 2.05) is 6.92 Å². The summed E-state index contributed by atoms with van der Waals surface area (Å²) < 4.78 is 22.6. The Balaban J connectivity index is 1.79. The van der Waals surface area contributed by atoms with Crippen LogP contribution in [0.25, 0.3) is 0 Å². The second-order valence-corrected chi connectivity index (χ2v) is 7.57. The van der Waals surface area contributed by atoms with Gasteiger partial charge in [-0.25, -0.2) is 8.42 Å². The number of sulfone groups is 1. The van der Waals surface area contributed by atoms with E-state index in [9.17, 15) is 18.0 Å². The van der Waals surface area contributed by atoms with Gasteiger partial charge in [0.05, 0.1) is 11.5 Å². The summed E-state index contributed by atoms with van der Waals surface area (Å²) in [6.07, 6.45) is 0.606. The maximum atomic E-state index is 11.8. The van der Waals surface area contributed by atoms with Crippen LogP contribution in [-0.2, 0) is 14.6 Å². The summed E-state index contributed by atoms with van der Waals surface area (Å²) >= 11 is 0. The maximum absolute atomic E-state index is 11.8. The number of hydrazine groups is 1. The number of hydrogen-bond acceptors (Lipinski definition) is 4. The highest BCUT2D eigenvalue weighted by molar-refractivity contribution is 7.91. The second-order valence-electron chi connectivity index (χ2n) is 5.34. The van der Waals surface area contributed by atoms with Gasteiger partial charge in [0.15, 0.2) is 9.84 Å². The first-order valence-electron chi connectivity index (χ1n) is 6.72. The number of aryl methyl sites for hydroxylation is 1. The predicted molar refractivity (Wildman–Crippen MR) is 78.2 cm³/mol. The number of benzene rings is 1. The minimum atomic E-state index is -2.99. The third-order valence-electron chi connectivity index (χ3n) is 3.43. The molecule has 114 valence electrons. The normalized spacial score (nSPS) is 20.0. The molecule has 1 fully saturated rings. The van der Waals surface area contributed by atoms with Crippen molar-refractivity contribution in [2.45, 2.75) is 19.8 Å². The quantitative estimate of drug-likeness (QED) is 0.799. The molecule has 0 aliphatic carbocycles. The second kappa shape index (κ2) is 6.26. The first-order chi connectivity index (χ1) is 9.85. The molecule has 21 heavy (non-hydrogen) atoms. The highest BCUT2D eigenvalue weighted by Gasteiger charge is 2.29. The Kier molecular flexibility index (Phi) is 4.62. The number of hydrogen-bond donors (Lipinski definition) is 2. The van der Waals surface area contributed by atoms with Crippen molar-refractivity contribution in [3.63, 3.8) is 0 Å². The zero-order valence-electron chi connectivity index (χ0n) is 11.8. The molecule has 6 nitrogen and oxygen atoms in total. The van der Waals surface area contributed by atoms with E-state index in [0.717, 1.165) is 5.56 Å². The van der Waals surface area contributed by atoms with Crippen LogP contribution in [0.3, 0.4) is 0 Å². The van der Waals surface area contributed by atoms with Crippen molar-refractivity contribution < 1.29 is 18.0 Å². The van der Waals surface area contributed by atoms with Crippen molar-refractivity contribution in [3.05, 3.63) is 35.4 Å². The standard InChI is InChI=1S/C14H18N2O4S/c1-10-2-4-12(5-3-10)14(18)16-15-13(17)8-11-6-7-21(19,20)9-11/h2-5,11H,6-9H2,1H3,(H,15,17)(H,16,18)/t11-/m1/s1. The highest BCUT2D eigenvalue weighted by atomic mass is 32.2. The zero-order chi connectivity index (χ0) is 15.5. The van der Waals surface area contributed by atoms with Crippen LogP contribution >= 0.6 is 0 Å². The Labute approximate surface area is 123 Å². The van der Waals surface area contributed by atoms with Crippen molar-refractivity contribution in [1.82, 2.24) is 10.9 Å². The molecule has 1 aromatic carbocycles. The van der Waals surface area contributed by atoms with Gasteiger partial charge >= 0.3 is 0 Å². The molecule has 0 spiro atoms. The van der Waals surface area contributed by atoms with Gasteiger partial charge < -0.3 is 0 Å². The molecule has 2 rings (SSSR count). The van der Waals surface area contributed by atoms with Gasteiger partial charge in [0.2, 0.25) is 5.91 Å². The summed E-state index contributed by atoms with van der Waals surface area (Å²) in [4.78, 5) is 23.5. The van der Waals surface area contributed by atoms with Gasteiger partial charge in [0.25, 0.3) is 5.91 Å². The number of rotatable bonds is 3. The van der Waals surface area contributed by atoms with E-state index in [2.05, 4.69) is 10.9 Å². The van der Waals surface area contributed by atoms with Gasteiger partial charge in [0.1, 0.15) is 0 Å². The van der Waals surface area contributed by atoms with E-state index < -0.39 is 15.7 Å². The summed E-state index contributed by atoms with van der Waals surface area (Å²) in [6.45, 7) is 1.92. The Morgan fingerprint density at radius 2 is 1.86 bits per heavy atom. The Morgan fingerprint density at radius 3 is 2.43 bits per heavy atom. The van der Waals surface area contributed by atoms with Crippen molar-refractivity contribution >= 4 is 21.7 Å². The lowest BCUT2D eigenvalue weighted by molar-refractivity contribution is -0.122. The Hall–Kier alpha value is -1.89. The first kappa shape index (κ1) is 15.5. The van der Waals surface area contributed by atoms with E-state index in [0.29, 0.717) is 12.0 Å². The van der Waals surface area contributed by atoms with Gasteiger partial charge in [0, 0.05) is 12.0 Å². The van der Waals surface area contributed by atoms with Crippen molar-refractivity contribution in [3.8, 4) is 0 Å². The fraction of sp³-hybridized carbons (Fsp3) is 0.429. The Bertz CT molecular complexity index is 637. The van der Waals surface area contributed by atoms with E-state index in [-0.39, 0.29) is 29.8 Å². The maximum Gasteiger partial charge on any atom is 0.269 e. The molecule has 1 aliphatic heterocycles. The number of carbonyl (C=O) groups excluding carboxylic acids is 2. The SMILES string of the molecule is Cc1ccc(C(=O)NNC(=O)C[C@H]2CCS(=O)(=O)C2)cc1. The average Bonchev–Trinajstić information content (AvgIpc) is 2.76. The topological polar surface area (TPSA) is 92.3 Å². The molecule has 2 N–H and O–H groups in total. The van der Waals surface area contributed by atoms with E-state index in [4.69, 9.17) is 0 Å². The van der Waals surface area contributed by atoms with Crippen LogP contribution in [0.1, 0.15) is 28.8 Å². The summed E-state index contributed by atoms with van der Waals surface area (Å²) in [6, 6.07) is 6.95. The van der Waals surface area contributed by atoms with Gasteiger partial charge in [-0.3, -0.25) is 20.4 Å². The molecule has 7 heteroatoms. The number of carbonyl (C=O) groups is 2. The molecule has 1 aliphatic rings. The number of nitrogens with one attached hydrogen (secondary N) is 2. The van der Waals surface area contributed by atoms with E-state index in [1.54, 1.807) is 24.3 Å². The monoisotopic (exact) mass is 310 g/mol. The summed E-state index contributed by atoms with van der Waals surface area (Å²) in [5.74, 6) is -0.751. The summed E-state index contributed by atoms with van der Waals surface area (Å²) in [5.41, 5.74) is 6.13. The molecule has 0 unspecified atom stereocenters. The van der Waals surface area contributed by atoms with Crippen LogP contribution in [0, 0.1) is 12.8 Å².